The maximum Gasteiger partial charge on any atom is 0.119 e. The molecule has 2 aromatic carbocycles. The summed E-state index contributed by atoms with van der Waals surface area (Å²) < 4.78 is 5.30. The maximum atomic E-state index is 11.1. The van der Waals surface area contributed by atoms with Crippen molar-refractivity contribution in [3.8, 4) is 5.75 Å². The predicted molar refractivity (Wildman–Crippen MR) is 84.7 cm³/mol. The van der Waals surface area contributed by atoms with E-state index in [4.69, 9.17) is 4.74 Å². The van der Waals surface area contributed by atoms with Gasteiger partial charge in [0.15, 0.2) is 0 Å². The van der Waals surface area contributed by atoms with Crippen molar-refractivity contribution in [1.82, 2.24) is 0 Å². The molecule has 0 bridgehead atoms. The fourth-order valence-corrected chi connectivity index (χ4v) is 3.18. The average molecular weight is 282 g/mol. The molecule has 0 radical (unpaired) electrons. The minimum Gasteiger partial charge on any atom is -0.497 e. The topological polar surface area (TPSA) is 29.5 Å². The van der Waals surface area contributed by atoms with Gasteiger partial charge in [0.25, 0.3) is 0 Å². The van der Waals surface area contributed by atoms with Gasteiger partial charge in [0.05, 0.1) is 12.7 Å². The van der Waals surface area contributed by atoms with Crippen LogP contribution in [0.5, 0.6) is 5.75 Å². The summed E-state index contributed by atoms with van der Waals surface area (Å²) in [6.07, 6.45) is 3.37. The number of fused-ring (bicyclic) bond motifs is 1. The fourth-order valence-electron chi connectivity index (χ4n) is 3.18. The lowest BCUT2D eigenvalue weighted by molar-refractivity contribution is 0.0222. The van der Waals surface area contributed by atoms with E-state index in [1.54, 1.807) is 7.11 Å². The molecule has 2 nitrogen and oxygen atoms in total. The first kappa shape index (κ1) is 14.2. The molecule has 0 amide bonds. The quantitative estimate of drug-likeness (QED) is 0.931. The lowest BCUT2D eigenvalue weighted by Crippen LogP contribution is -2.33. The second-order valence-electron chi connectivity index (χ2n) is 5.89. The van der Waals surface area contributed by atoms with Gasteiger partial charge in [-0.3, -0.25) is 0 Å². The van der Waals surface area contributed by atoms with Gasteiger partial charge in [-0.05, 0) is 53.6 Å². The summed E-state index contributed by atoms with van der Waals surface area (Å²) in [5.74, 6) is 0.860. The number of rotatable bonds is 3. The summed E-state index contributed by atoms with van der Waals surface area (Å²) >= 11 is 0. The molecule has 2 aromatic rings. The van der Waals surface area contributed by atoms with Crippen molar-refractivity contribution >= 4 is 0 Å². The zero-order valence-corrected chi connectivity index (χ0v) is 12.7. The molecule has 0 aliphatic heterocycles. The smallest absolute Gasteiger partial charge is 0.119 e. The Labute approximate surface area is 126 Å². The predicted octanol–water partition coefficient (Wildman–Crippen LogP) is 3.63. The number of benzene rings is 2. The zero-order valence-electron chi connectivity index (χ0n) is 12.7. The molecule has 1 N–H and O–H groups in total. The Morgan fingerprint density at radius 2 is 1.86 bits per heavy atom. The van der Waals surface area contributed by atoms with Crippen LogP contribution >= 0.6 is 0 Å². The van der Waals surface area contributed by atoms with Gasteiger partial charge in [0.2, 0.25) is 0 Å². The summed E-state index contributed by atoms with van der Waals surface area (Å²) in [5.41, 5.74) is 4.09. The Morgan fingerprint density at radius 1 is 1.10 bits per heavy atom. The Balaban J connectivity index is 1.91. The van der Waals surface area contributed by atoms with E-state index in [1.165, 1.54) is 16.7 Å². The van der Waals surface area contributed by atoms with Crippen LogP contribution < -0.4 is 4.74 Å². The highest BCUT2D eigenvalue weighted by atomic mass is 16.5. The molecule has 0 saturated heterocycles. The van der Waals surface area contributed by atoms with E-state index < -0.39 is 5.60 Å². The third kappa shape index (κ3) is 2.68. The minimum absolute atomic E-state index is 0.658. The second kappa shape index (κ2) is 5.53. The van der Waals surface area contributed by atoms with Crippen LogP contribution in [0.2, 0.25) is 0 Å². The van der Waals surface area contributed by atoms with Crippen molar-refractivity contribution in [1.29, 1.82) is 0 Å². The van der Waals surface area contributed by atoms with Gasteiger partial charge < -0.3 is 9.84 Å². The Kier molecular flexibility index (Phi) is 3.73. The summed E-state index contributed by atoms with van der Waals surface area (Å²) in [6, 6.07) is 14.6. The van der Waals surface area contributed by atoms with Gasteiger partial charge in [0.1, 0.15) is 5.75 Å². The normalized spacial score (nSPS) is 20.9. The molecular formula is C19H22O2. The monoisotopic (exact) mass is 282 g/mol. The van der Waals surface area contributed by atoms with Crippen molar-refractivity contribution in [2.75, 3.05) is 7.11 Å². The molecule has 0 fully saturated rings. The average Bonchev–Trinajstić information content (AvgIpc) is 2.54. The van der Waals surface area contributed by atoms with Crippen molar-refractivity contribution in [2.45, 2.75) is 38.2 Å². The van der Waals surface area contributed by atoms with Crippen LogP contribution in [0.3, 0.4) is 0 Å². The summed E-state index contributed by atoms with van der Waals surface area (Å²) in [7, 11) is 1.68. The number of ether oxygens (including phenoxy) is 1. The zero-order chi connectivity index (χ0) is 14.9. The van der Waals surface area contributed by atoms with E-state index in [0.29, 0.717) is 6.42 Å². The first-order valence-corrected chi connectivity index (χ1v) is 7.62. The van der Waals surface area contributed by atoms with Crippen LogP contribution in [0, 0.1) is 0 Å². The maximum absolute atomic E-state index is 11.1. The van der Waals surface area contributed by atoms with Gasteiger partial charge >= 0.3 is 0 Å². The second-order valence-corrected chi connectivity index (χ2v) is 5.89. The highest BCUT2D eigenvalue weighted by Crippen LogP contribution is 2.37. The molecule has 2 heteroatoms. The van der Waals surface area contributed by atoms with E-state index in [9.17, 15) is 5.11 Å². The fraction of sp³-hybridized carbons (Fsp3) is 0.368. The molecule has 1 atom stereocenters. The van der Waals surface area contributed by atoms with Crippen LogP contribution in [0.15, 0.2) is 42.5 Å². The van der Waals surface area contributed by atoms with Crippen molar-refractivity contribution in [3.63, 3.8) is 0 Å². The molecule has 110 valence electrons. The Bertz CT molecular complexity index is 631. The van der Waals surface area contributed by atoms with E-state index >= 15 is 0 Å². The van der Waals surface area contributed by atoms with Gasteiger partial charge in [-0.25, -0.2) is 0 Å². The molecule has 21 heavy (non-hydrogen) atoms. The van der Waals surface area contributed by atoms with Crippen molar-refractivity contribution in [3.05, 3.63) is 64.7 Å². The third-order valence-electron chi connectivity index (χ3n) is 4.60. The summed E-state index contributed by atoms with van der Waals surface area (Å²) in [4.78, 5) is 0. The van der Waals surface area contributed by atoms with Crippen molar-refractivity contribution < 1.29 is 9.84 Å². The van der Waals surface area contributed by atoms with Gasteiger partial charge in [-0.15, -0.1) is 0 Å². The molecule has 0 heterocycles. The van der Waals surface area contributed by atoms with E-state index in [0.717, 1.165) is 30.6 Å². The minimum atomic E-state index is -0.758. The number of aryl methyl sites for hydroxylation is 2. The van der Waals surface area contributed by atoms with Gasteiger partial charge in [0, 0.05) is 6.42 Å². The first-order valence-electron chi connectivity index (χ1n) is 7.62. The molecular weight excluding hydrogens is 260 g/mol. The van der Waals surface area contributed by atoms with Crippen LogP contribution in [0.4, 0.5) is 0 Å². The molecule has 0 aromatic heterocycles. The highest BCUT2D eigenvalue weighted by Gasteiger charge is 2.33. The van der Waals surface area contributed by atoms with Gasteiger partial charge in [-0.2, -0.15) is 0 Å². The lowest BCUT2D eigenvalue weighted by Gasteiger charge is -2.34. The Morgan fingerprint density at radius 3 is 2.52 bits per heavy atom. The molecule has 0 spiro atoms. The number of hydrogen-bond donors (Lipinski definition) is 1. The largest absolute Gasteiger partial charge is 0.497 e. The molecule has 1 aliphatic carbocycles. The lowest BCUT2D eigenvalue weighted by atomic mass is 9.76. The number of hydrogen-bond acceptors (Lipinski definition) is 2. The van der Waals surface area contributed by atoms with E-state index in [1.807, 2.05) is 6.07 Å². The van der Waals surface area contributed by atoms with Crippen LogP contribution in [0.1, 0.15) is 35.6 Å². The van der Waals surface area contributed by atoms with Crippen LogP contribution in [-0.2, 0) is 24.9 Å². The number of aliphatic hydroxyl groups is 1. The summed E-state index contributed by atoms with van der Waals surface area (Å²) in [5, 5.41) is 11.1. The van der Waals surface area contributed by atoms with Crippen molar-refractivity contribution in [2.24, 2.45) is 0 Å². The van der Waals surface area contributed by atoms with Gasteiger partial charge in [-0.1, -0.05) is 37.3 Å². The standard InChI is InChI=1S/C19H22O2/c1-3-14-4-7-17(8-5-14)19(20)11-10-15-6-9-18(21-2)12-16(15)13-19/h4-9,12,20H,3,10-11,13H2,1-2H3. The summed E-state index contributed by atoms with van der Waals surface area (Å²) in [6.45, 7) is 2.15. The van der Waals surface area contributed by atoms with E-state index in [2.05, 4.69) is 43.3 Å². The first-order chi connectivity index (χ1) is 10.1. The molecule has 1 unspecified atom stereocenters. The SMILES string of the molecule is CCc1ccc(C2(O)CCc3ccc(OC)cc3C2)cc1. The molecule has 0 saturated carbocycles. The number of methoxy groups -OCH3 is 1. The van der Waals surface area contributed by atoms with Crippen LogP contribution in [-0.4, -0.2) is 12.2 Å². The molecule has 1 aliphatic rings. The molecule has 3 rings (SSSR count). The van der Waals surface area contributed by atoms with E-state index in [-0.39, 0.29) is 0 Å². The third-order valence-corrected chi connectivity index (χ3v) is 4.60. The van der Waals surface area contributed by atoms with Crippen LogP contribution in [0.25, 0.3) is 0 Å². The Hall–Kier alpha value is -1.80. The highest BCUT2D eigenvalue weighted by molar-refractivity contribution is 5.41.